The predicted molar refractivity (Wildman–Crippen MR) is 85.2 cm³/mol. The molecule has 7 heteroatoms. The van der Waals surface area contributed by atoms with Gasteiger partial charge in [-0.1, -0.05) is 11.6 Å². The lowest BCUT2D eigenvalue weighted by Gasteiger charge is -2.37. The number of morpholine rings is 1. The van der Waals surface area contributed by atoms with Crippen molar-refractivity contribution < 1.29 is 14.3 Å². The summed E-state index contributed by atoms with van der Waals surface area (Å²) in [4.78, 5) is 22.3. The first kappa shape index (κ1) is 16.9. The minimum absolute atomic E-state index is 0.183. The molecule has 0 amide bonds. The Bertz CT molecular complexity index is 555. The standard InChI is InChI=1S/C15H20ClN3O3/c1-10-8-22-9-11(2)19(10)7-6-17-13-12(15(20)21-3)4-5-18-14(13)16/h4-6,10-11H,7-9H2,1-3H3/t10-,11-/m1/s1. The summed E-state index contributed by atoms with van der Waals surface area (Å²) in [5.41, 5.74) is 0.645. The van der Waals surface area contributed by atoms with Gasteiger partial charge >= 0.3 is 5.97 Å². The van der Waals surface area contributed by atoms with Crippen LogP contribution < -0.4 is 0 Å². The predicted octanol–water partition coefficient (Wildman–Crippen LogP) is 2.33. The zero-order valence-corrected chi connectivity index (χ0v) is 13.7. The first-order valence-corrected chi connectivity index (χ1v) is 7.51. The van der Waals surface area contributed by atoms with Crippen molar-refractivity contribution in [3.8, 4) is 0 Å². The fourth-order valence-corrected chi connectivity index (χ4v) is 2.65. The third-order valence-corrected chi connectivity index (χ3v) is 3.92. The lowest BCUT2D eigenvalue weighted by molar-refractivity contribution is -0.0280. The van der Waals surface area contributed by atoms with Gasteiger partial charge in [-0.05, 0) is 19.9 Å². The number of pyridine rings is 1. The van der Waals surface area contributed by atoms with Crippen LogP contribution in [0.5, 0.6) is 0 Å². The number of esters is 1. The second-order valence-corrected chi connectivity index (χ2v) is 5.59. The zero-order chi connectivity index (χ0) is 16.1. The van der Waals surface area contributed by atoms with E-state index in [1.807, 2.05) is 0 Å². The molecular weight excluding hydrogens is 306 g/mol. The summed E-state index contributed by atoms with van der Waals surface area (Å²) in [5, 5.41) is 0.183. The van der Waals surface area contributed by atoms with E-state index < -0.39 is 5.97 Å². The molecule has 0 saturated carbocycles. The van der Waals surface area contributed by atoms with Crippen molar-refractivity contribution in [2.45, 2.75) is 25.9 Å². The van der Waals surface area contributed by atoms with Crippen molar-refractivity contribution in [2.24, 2.45) is 4.99 Å². The Kier molecular flexibility index (Phi) is 5.88. The molecule has 1 aliphatic heterocycles. The Hall–Kier alpha value is -1.50. The van der Waals surface area contributed by atoms with E-state index in [-0.39, 0.29) is 5.15 Å². The summed E-state index contributed by atoms with van der Waals surface area (Å²) >= 11 is 6.04. The Morgan fingerprint density at radius 3 is 2.86 bits per heavy atom. The van der Waals surface area contributed by atoms with E-state index in [1.54, 1.807) is 12.3 Å². The van der Waals surface area contributed by atoms with Gasteiger partial charge in [0.1, 0.15) is 5.69 Å². The van der Waals surface area contributed by atoms with Crippen LogP contribution in [0.15, 0.2) is 17.3 Å². The van der Waals surface area contributed by atoms with Crippen LogP contribution in [0.2, 0.25) is 5.15 Å². The molecule has 6 nitrogen and oxygen atoms in total. The van der Waals surface area contributed by atoms with Crippen LogP contribution in [-0.4, -0.2) is 61.0 Å². The van der Waals surface area contributed by atoms with Gasteiger partial charge in [0.2, 0.25) is 0 Å². The number of halogens is 1. The second-order valence-electron chi connectivity index (χ2n) is 5.23. The number of methoxy groups -OCH3 is 1. The molecule has 0 spiro atoms. The third kappa shape index (κ3) is 3.82. The van der Waals surface area contributed by atoms with Crippen molar-refractivity contribution in [2.75, 3.05) is 26.9 Å². The molecule has 0 aliphatic carbocycles. The topological polar surface area (TPSA) is 64.0 Å². The molecule has 0 unspecified atom stereocenters. The normalized spacial score (nSPS) is 22.9. The highest BCUT2D eigenvalue weighted by Gasteiger charge is 2.24. The highest BCUT2D eigenvalue weighted by molar-refractivity contribution is 6.32. The molecule has 1 aromatic rings. The molecular formula is C15H20ClN3O3. The van der Waals surface area contributed by atoms with Crippen molar-refractivity contribution in [3.05, 3.63) is 23.0 Å². The van der Waals surface area contributed by atoms with Crippen molar-refractivity contribution in [1.29, 1.82) is 0 Å². The van der Waals surface area contributed by atoms with Crippen LogP contribution in [-0.2, 0) is 9.47 Å². The molecule has 22 heavy (non-hydrogen) atoms. The molecule has 0 bridgehead atoms. The maximum Gasteiger partial charge on any atom is 0.340 e. The van der Waals surface area contributed by atoms with Gasteiger partial charge in [-0.25, -0.2) is 9.78 Å². The highest BCUT2D eigenvalue weighted by Crippen LogP contribution is 2.27. The third-order valence-electron chi connectivity index (χ3n) is 3.65. The Balaban J connectivity index is 2.14. The van der Waals surface area contributed by atoms with Crippen LogP contribution in [0.4, 0.5) is 5.69 Å². The van der Waals surface area contributed by atoms with Gasteiger partial charge < -0.3 is 9.47 Å². The largest absolute Gasteiger partial charge is 0.465 e. The van der Waals surface area contributed by atoms with E-state index >= 15 is 0 Å². The van der Waals surface area contributed by atoms with Gasteiger partial charge in [0.25, 0.3) is 0 Å². The fraction of sp³-hybridized carbons (Fsp3) is 0.533. The SMILES string of the molecule is COC(=O)c1ccnc(Cl)c1N=CCN1[C@H](C)COC[C@H]1C. The lowest BCUT2D eigenvalue weighted by Crippen LogP contribution is -2.50. The average Bonchev–Trinajstić information content (AvgIpc) is 2.50. The van der Waals surface area contributed by atoms with E-state index in [9.17, 15) is 4.79 Å². The van der Waals surface area contributed by atoms with Gasteiger partial charge in [0.15, 0.2) is 5.15 Å². The smallest absolute Gasteiger partial charge is 0.340 e. The Labute approximate surface area is 135 Å². The maximum atomic E-state index is 11.7. The zero-order valence-electron chi connectivity index (χ0n) is 13.0. The number of carbonyl (C=O) groups is 1. The van der Waals surface area contributed by atoms with Gasteiger partial charge in [0, 0.05) is 31.0 Å². The number of carbonyl (C=O) groups excluding carboxylic acids is 1. The molecule has 120 valence electrons. The molecule has 0 radical (unpaired) electrons. The Morgan fingerprint density at radius 1 is 1.55 bits per heavy atom. The molecule has 2 heterocycles. The average molecular weight is 326 g/mol. The number of nitrogens with zero attached hydrogens (tertiary/aromatic N) is 3. The molecule has 1 aromatic heterocycles. The summed E-state index contributed by atoms with van der Waals surface area (Å²) in [5.74, 6) is -0.482. The van der Waals surface area contributed by atoms with Gasteiger partial charge in [-0.3, -0.25) is 9.89 Å². The molecule has 0 N–H and O–H groups in total. The van der Waals surface area contributed by atoms with Crippen LogP contribution in [0.1, 0.15) is 24.2 Å². The highest BCUT2D eigenvalue weighted by atomic mass is 35.5. The van der Waals surface area contributed by atoms with E-state index in [1.165, 1.54) is 13.3 Å². The molecule has 2 atom stereocenters. The summed E-state index contributed by atoms with van der Waals surface area (Å²) < 4.78 is 10.2. The van der Waals surface area contributed by atoms with Crippen LogP contribution in [0.3, 0.4) is 0 Å². The quantitative estimate of drug-likeness (QED) is 0.483. The Morgan fingerprint density at radius 2 is 2.23 bits per heavy atom. The summed E-state index contributed by atoms with van der Waals surface area (Å²) in [7, 11) is 1.32. The van der Waals surface area contributed by atoms with Gasteiger partial charge in [-0.15, -0.1) is 0 Å². The second kappa shape index (κ2) is 7.67. The van der Waals surface area contributed by atoms with Crippen molar-refractivity contribution in [1.82, 2.24) is 9.88 Å². The minimum atomic E-state index is -0.482. The van der Waals surface area contributed by atoms with Crippen LogP contribution >= 0.6 is 11.6 Å². The first-order valence-electron chi connectivity index (χ1n) is 7.13. The summed E-state index contributed by atoms with van der Waals surface area (Å²) in [6.07, 6.45) is 3.20. The lowest BCUT2D eigenvalue weighted by atomic mass is 10.2. The van der Waals surface area contributed by atoms with E-state index in [0.29, 0.717) is 43.1 Å². The molecule has 1 saturated heterocycles. The molecule has 1 aliphatic rings. The van der Waals surface area contributed by atoms with Gasteiger partial charge in [0.05, 0.1) is 25.9 Å². The van der Waals surface area contributed by atoms with E-state index in [2.05, 4.69) is 28.7 Å². The number of rotatable bonds is 4. The van der Waals surface area contributed by atoms with E-state index in [0.717, 1.165) is 0 Å². The maximum absolute atomic E-state index is 11.7. The molecule has 1 fully saturated rings. The number of hydrogen-bond acceptors (Lipinski definition) is 6. The summed E-state index contributed by atoms with van der Waals surface area (Å²) in [6.45, 7) is 6.29. The monoisotopic (exact) mass is 325 g/mol. The number of ether oxygens (including phenoxy) is 2. The molecule has 0 aromatic carbocycles. The van der Waals surface area contributed by atoms with E-state index in [4.69, 9.17) is 21.1 Å². The first-order chi connectivity index (χ1) is 10.5. The minimum Gasteiger partial charge on any atom is -0.465 e. The number of aliphatic imine (C=N–C) groups is 1. The van der Waals surface area contributed by atoms with Crippen molar-refractivity contribution >= 4 is 29.5 Å². The number of aromatic nitrogens is 1. The van der Waals surface area contributed by atoms with Gasteiger partial charge in [-0.2, -0.15) is 0 Å². The number of hydrogen-bond donors (Lipinski definition) is 0. The fourth-order valence-electron chi connectivity index (χ4n) is 2.45. The van der Waals surface area contributed by atoms with Crippen LogP contribution in [0, 0.1) is 0 Å². The van der Waals surface area contributed by atoms with Crippen LogP contribution in [0.25, 0.3) is 0 Å². The molecule has 2 rings (SSSR count). The summed E-state index contributed by atoms with van der Waals surface area (Å²) in [6, 6.07) is 2.18. The van der Waals surface area contributed by atoms with Crippen molar-refractivity contribution in [3.63, 3.8) is 0 Å².